The number of likely N-dealkylation sites (tertiary alicyclic amines) is 2. The molecular weight excluding hydrogens is 397 g/mol. The average Bonchev–Trinajstić information content (AvgIpc) is 3.14. The second-order valence-corrected chi connectivity index (χ2v) is 8.24. The molecule has 0 bridgehead atoms. The summed E-state index contributed by atoms with van der Waals surface area (Å²) in [6.07, 6.45) is 1.53. The summed E-state index contributed by atoms with van der Waals surface area (Å²) < 4.78 is 13.3. The van der Waals surface area contributed by atoms with Crippen LogP contribution in [0, 0.1) is 11.7 Å². The molecule has 2 aliphatic heterocycles. The molecule has 31 heavy (non-hydrogen) atoms. The van der Waals surface area contributed by atoms with Gasteiger partial charge in [-0.1, -0.05) is 36.4 Å². The Morgan fingerprint density at radius 2 is 1.77 bits per heavy atom. The van der Waals surface area contributed by atoms with Gasteiger partial charge in [0.25, 0.3) is 5.91 Å². The molecule has 1 N–H and O–H groups in total. The third-order valence-corrected chi connectivity index (χ3v) is 6.01. The van der Waals surface area contributed by atoms with Gasteiger partial charge in [-0.25, -0.2) is 4.39 Å². The Morgan fingerprint density at radius 1 is 1.03 bits per heavy atom. The second-order valence-electron chi connectivity index (χ2n) is 8.24. The molecule has 0 saturated carbocycles. The fraction of sp³-hybridized carbons (Fsp3) is 0.375. The molecule has 2 aromatic carbocycles. The summed E-state index contributed by atoms with van der Waals surface area (Å²) >= 11 is 0. The molecule has 3 amide bonds. The number of hydrogen-bond acceptors (Lipinski definition) is 3. The van der Waals surface area contributed by atoms with Gasteiger partial charge in [-0.05, 0) is 36.6 Å². The van der Waals surface area contributed by atoms with Gasteiger partial charge in [0.1, 0.15) is 5.82 Å². The molecular formula is C24H26FN3O3. The number of halogens is 1. The molecule has 0 aliphatic carbocycles. The lowest BCUT2D eigenvalue weighted by Crippen LogP contribution is -2.48. The monoisotopic (exact) mass is 423 g/mol. The summed E-state index contributed by atoms with van der Waals surface area (Å²) in [7, 11) is 0. The molecule has 6 nitrogen and oxygen atoms in total. The van der Waals surface area contributed by atoms with E-state index < -0.39 is 5.82 Å². The molecule has 1 unspecified atom stereocenters. The molecule has 2 aliphatic rings. The number of benzene rings is 2. The minimum Gasteiger partial charge on any atom is -0.349 e. The van der Waals surface area contributed by atoms with Crippen LogP contribution < -0.4 is 5.32 Å². The summed E-state index contributed by atoms with van der Waals surface area (Å²) in [6, 6.07) is 15.3. The maximum absolute atomic E-state index is 13.3. The molecule has 2 aromatic rings. The van der Waals surface area contributed by atoms with Crippen LogP contribution >= 0.6 is 0 Å². The van der Waals surface area contributed by atoms with Gasteiger partial charge in [-0.15, -0.1) is 0 Å². The Balaban J connectivity index is 1.26. The maximum Gasteiger partial charge on any atom is 0.251 e. The summed E-state index contributed by atoms with van der Waals surface area (Å²) in [6.45, 7) is 2.05. The average molecular weight is 423 g/mol. The van der Waals surface area contributed by atoms with E-state index in [1.165, 1.54) is 18.2 Å². The van der Waals surface area contributed by atoms with Crippen LogP contribution in [0.15, 0.2) is 54.6 Å². The second kappa shape index (κ2) is 9.29. The Kier molecular flexibility index (Phi) is 6.30. The third-order valence-electron chi connectivity index (χ3n) is 6.01. The van der Waals surface area contributed by atoms with Crippen LogP contribution in [0.4, 0.5) is 4.39 Å². The van der Waals surface area contributed by atoms with E-state index in [0.29, 0.717) is 44.6 Å². The minimum atomic E-state index is -0.444. The number of amides is 3. The van der Waals surface area contributed by atoms with Crippen LogP contribution in [-0.4, -0.2) is 53.2 Å². The fourth-order valence-corrected chi connectivity index (χ4v) is 4.30. The zero-order valence-corrected chi connectivity index (χ0v) is 17.3. The third kappa shape index (κ3) is 5.10. The van der Waals surface area contributed by atoms with Crippen LogP contribution in [-0.2, 0) is 16.1 Å². The Bertz CT molecular complexity index is 958. The molecule has 7 heteroatoms. The quantitative estimate of drug-likeness (QED) is 0.804. The minimum absolute atomic E-state index is 0.0128. The summed E-state index contributed by atoms with van der Waals surface area (Å²) in [4.78, 5) is 41.2. The van der Waals surface area contributed by atoms with E-state index in [0.717, 1.165) is 5.56 Å². The predicted molar refractivity (Wildman–Crippen MR) is 113 cm³/mol. The van der Waals surface area contributed by atoms with E-state index in [1.807, 2.05) is 30.3 Å². The summed E-state index contributed by atoms with van der Waals surface area (Å²) in [5.74, 6) is -1.03. The molecule has 1 atom stereocenters. The Hall–Kier alpha value is -3.22. The highest BCUT2D eigenvalue weighted by molar-refractivity contribution is 5.94. The van der Waals surface area contributed by atoms with Crippen molar-refractivity contribution in [2.24, 2.45) is 5.92 Å². The van der Waals surface area contributed by atoms with E-state index in [2.05, 4.69) is 5.32 Å². The first-order valence-electron chi connectivity index (χ1n) is 10.7. The van der Waals surface area contributed by atoms with Crippen molar-refractivity contribution in [2.45, 2.75) is 31.8 Å². The Labute approximate surface area is 181 Å². The van der Waals surface area contributed by atoms with Gasteiger partial charge in [0, 0.05) is 44.2 Å². The molecule has 0 radical (unpaired) electrons. The number of hydrogen-bond donors (Lipinski definition) is 1. The number of piperidine rings is 1. The molecule has 4 rings (SSSR count). The van der Waals surface area contributed by atoms with Crippen LogP contribution in [0.2, 0.25) is 0 Å². The number of carbonyl (C=O) groups excluding carboxylic acids is 3. The van der Waals surface area contributed by atoms with Crippen molar-refractivity contribution in [3.63, 3.8) is 0 Å². The van der Waals surface area contributed by atoms with E-state index in [9.17, 15) is 18.8 Å². The number of carbonyl (C=O) groups is 3. The standard InChI is InChI=1S/C24H26FN3O3/c25-20-8-4-7-18(13-20)23(30)26-21-9-11-27(12-10-21)24(31)19-14-22(29)28(16-19)15-17-5-2-1-3-6-17/h1-8,13,19,21H,9-12,14-16H2,(H,26,30). The van der Waals surface area contributed by atoms with Gasteiger partial charge in [0.2, 0.25) is 11.8 Å². The summed E-state index contributed by atoms with van der Waals surface area (Å²) in [5, 5.41) is 2.93. The van der Waals surface area contributed by atoms with Crippen molar-refractivity contribution < 1.29 is 18.8 Å². The molecule has 2 saturated heterocycles. The van der Waals surface area contributed by atoms with E-state index in [4.69, 9.17) is 0 Å². The Morgan fingerprint density at radius 3 is 2.48 bits per heavy atom. The van der Waals surface area contributed by atoms with Crippen molar-refractivity contribution in [1.29, 1.82) is 0 Å². The lowest BCUT2D eigenvalue weighted by molar-refractivity contribution is -0.136. The fourth-order valence-electron chi connectivity index (χ4n) is 4.30. The molecule has 0 spiro atoms. The van der Waals surface area contributed by atoms with Crippen molar-refractivity contribution in [1.82, 2.24) is 15.1 Å². The first-order valence-corrected chi connectivity index (χ1v) is 10.7. The molecule has 2 heterocycles. The lowest BCUT2D eigenvalue weighted by Gasteiger charge is -2.33. The zero-order chi connectivity index (χ0) is 21.8. The van der Waals surface area contributed by atoms with Crippen molar-refractivity contribution >= 4 is 17.7 Å². The van der Waals surface area contributed by atoms with Crippen LogP contribution in [0.1, 0.15) is 35.2 Å². The smallest absolute Gasteiger partial charge is 0.251 e. The number of nitrogens with zero attached hydrogens (tertiary/aromatic N) is 2. The summed E-state index contributed by atoms with van der Waals surface area (Å²) in [5.41, 5.74) is 1.35. The SMILES string of the molecule is O=C(NC1CCN(C(=O)C2CC(=O)N(Cc3ccccc3)C2)CC1)c1cccc(F)c1. The van der Waals surface area contributed by atoms with Crippen LogP contribution in [0.5, 0.6) is 0 Å². The van der Waals surface area contributed by atoms with Gasteiger partial charge in [-0.3, -0.25) is 14.4 Å². The lowest BCUT2D eigenvalue weighted by atomic mass is 10.0. The largest absolute Gasteiger partial charge is 0.349 e. The number of rotatable bonds is 5. The molecule has 162 valence electrons. The van der Waals surface area contributed by atoms with E-state index in [-0.39, 0.29) is 36.1 Å². The predicted octanol–water partition coefficient (Wildman–Crippen LogP) is 2.60. The van der Waals surface area contributed by atoms with Crippen molar-refractivity contribution in [3.8, 4) is 0 Å². The van der Waals surface area contributed by atoms with Gasteiger partial charge in [0.15, 0.2) is 0 Å². The van der Waals surface area contributed by atoms with Crippen molar-refractivity contribution in [2.75, 3.05) is 19.6 Å². The van der Waals surface area contributed by atoms with Gasteiger partial charge < -0.3 is 15.1 Å². The first kappa shape index (κ1) is 21.0. The van der Waals surface area contributed by atoms with Gasteiger partial charge in [0.05, 0.1) is 5.92 Å². The van der Waals surface area contributed by atoms with Crippen LogP contribution in [0.3, 0.4) is 0 Å². The topological polar surface area (TPSA) is 69.7 Å². The van der Waals surface area contributed by atoms with Crippen molar-refractivity contribution in [3.05, 3.63) is 71.5 Å². The van der Waals surface area contributed by atoms with E-state index >= 15 is 0 Å². The van der Waals surface area contributed by atoms with E-state index in [1.54, 1.807) is 15.9 Å². The molecule has 0 aromatic heterocycles. The van der Waals surface area contributed by atoms with Gasteiger partial charge in [-0.2, -0.15) is 0 Å². The highest BCUT2D eigenvalue weighted by Gasteiger charge is 2.37. The highest BCUT2D eigenvalue weighted by Crippen LogP contribution is 2.24. The highest BCUT2D eigenvalue weighted by atomic mass is 19.1. The number of nitrogens with one attached hydrogen (secondary N) is 1. The normalized spacial score (nSPS) is 19.5. The molecule has 2 fully saturated rings. The van der Waals surface area contributed by atoms with Gasteiger partial charge >= 0.3 is 0 Å². The van der Waals surface area contributed by atoms with Crippen LogP contribution in [0.25, 0.3) is 0 Å². The zero-order valence-electron chi connectivity index (χ0n) is 17.3. The maximum atomic E-state index is 13.3. The first-order chi connectivity index (χ1) is 15.0.